The average molecular weight is 503 g/mol. The van der Waals surface area contributed by atoms with Crippen molar-refractivity contribution in [3.8, 4) is 11.1 Å². The SMILES string of the molecule is Cc1c(F)cc(C(=O)NC2CC2)cc1-c1ccc2c(=O)n(CC3CC3)cc(CN3CCC[C@@H]3CN)c2c1. The molecule has 7 heteroatoms. The minimum atomic E-state index is -0.401. The van der Waals surface area contributed by atoms with Crippen LogP contribution in [0.25, 0.3) is 21.9 Å². The summed E-state index contributed by atoms with van der Waals surface area (Å²) in [6.45, 7) is 4.84. The second-order valence-electron chi connectivity index (χ2n) is 11.2. The summed E-state index contributed by atoms with van der Waals surface area (Å²) in [5.41, 5.74) is 9.48. The molecule has 1 aliphatic heterocycles. The van der Waals surface area contributed by atoms with E-state index in [-0.39, 0.29) is 17.5 Å². The predicted molar refractivity (Wildman–Crippen MR) is 144 cm³/mol. The smallest absolute Gasteiger partial charge is 0.258 e. The van der Waals surface area contributed by atoms with Crippen molar-refractivity contribution in [1.29, 1.82) is 0 Å². The zero-order valence-corrected chi connectivity index (χ0v) is 21.4. The number of hydrogen-bond donors (Lipinski definition) is 2. The van der Waals surface area contributed by atoms with Gasteiger partial charge in [-0.25, -0.2) is 4.39 Å². The van der Waals surface area contributed by atoms with Crippen molar-refractivity contribution in [2.75, 3.05) is 13.1 Å². The molecule has 2 aliphatic carbocycles. The second kappa shape index (κ2) is 9.69. The number of benzene rings is 2. The lowest BCUT2D eigenvalue weighted by molar-refractivity contribution is 0.0950. The number of nitrogens with two attached hydrogens (primary N) is 1. The molecule has 1 aromatic heterocycles. The number of pyridine rings is 1. The van der Waals surface area contributed by atoms with E-state index in [1.165, 1.54) is 18.9 Å². The summed E-state index contributed by atoms with van der Waals surface area (Å²) in [7, 11) is 0. The molecule has 2 aromatic carbocycles. The highest BCUT2D eigenvalue weighted by molar-refractivity contribution is 5.97. The van der Waals surface area contributed by atoms with Crippen LogP contribution in [-0.4, -0.2) is 40.5 Å². The number of likely N-dealkylation sites (tertiary alicyclic amines) is 1. The number of halogens is 1. The van der Waals surface area contributed by atoms with Gasteiger partial charge >= 0.3 is 0 Å². The molecule has 3 N–H and O–H groups in total. The quantitative estimate of drug-likeness (QED) is 0.480. The first-order valence-electron chi connectivity index (χ1n) is 13.6. The number of fused-ring (bicyclic) bond motifs is 1. The van der Waals surface area contributed by atoms with Gasteiger partial charge in [-0.05, 0) is 110 Å². The van der Waals surface area contributed by atoms with Gasteiger partial charge in [-0.15, -0.1) is 0 Å². The van der Waals surface area contributed by atoms with E-state index in [4.69, 9.17) is 5.73 Å². The lowest BCUT2D eigenvalue weighted by Gasteiger charge is -2.24. The molecule has 6 rings (SSSR count). The zero-order chi connectivity index (χ0) is 25.7. The van der Waals surface area contributed by atoms with E-state index in [1.54, 1.807) is 13.0 Å². The fourth-order valence-electron chi connectivity index (χ4n) is 5.67. The van der Waals surface area contributed by atoms with Crippen molar-refractivity contribution in [2.24, 2.45) is 11.7 Å². The van der Waals surface area contributed by atoms with E-state index in [9.17, 15) is 14.0 Å². The lowest BCUT2D eigenvalue weighted by Crippen LogP contribution is -2.35. The van der Waals surface area contributed by atoms with E-state index >= 15 is 0 Å². The Morgan fingerprint density at radius 2 is 1.92 bits per heavy atom. The average Bonchev–Trinajstić information content (AvgIpc) is 3.83. The van der Waals surface area contributed by atoms with E-state index < -0.39 is 5.82 Å². The van der Waals surface area contributed by atoms with Gasteiger partial charge in [0.25, 0.3) is 11.5 Å². The van der Waals surface area contributed by atoms with Gasteiger partial charge in [-0.2, -0.15) is 0 Å². The molecule has 6 nitrogen and oxygen atoms in total. The zero-order valence-electron chi connectivity index (χ0n) is 21.4. The molecule has 0 radical (unpaired) electrons. The monoisotopic (exact) mass is 502 g/mol. The first kappa shape index (κ1) is 24.3. The Labute approximate surface area is 216 Å². The van der Waals surface area contributed by atoms with Crippen LogP contribution in [0.1, 0.15) is 60.0 Å². The van der Waals surface area contributed by atoms with Gasteiger partial charge in [-0.3, -0.25) is 14.5 Å². The molecule has 1 amide bonds. The molecule has 194 valence electrons. The molecular formula is C30H35FN4O2. The number of nitrogens with one attached hydrogen (secondary N) is 1. The third kappa shape index (κ3) is 4.94. The topological polar surface area (TPSA) is 80.4 Å². The molecule has 1 atom stereocenters. The van der Waals surface area contributed by atoms with Crippen LogP contribution in [0.3, 0.4) is 0 Å². The molecule has 0 unspecified atom stereocenters. The maximum Gasteiger partial charge on any atom is 0.258 e. The van der Waals surface area contributed by atoms with Gasteiger partial charge in [0.1, 0.15) is 5.82 Å². The van der Waals surface area contributed by atoms with E-state index in [0.717, 1.165) is 61.8 Å². The minimum Gasteiger partial charge on any atom is -0.349 e. The molecular weight excluding hydrogens is 467 g/mol. The van der Waals surface area contributed by atoms with E-state index in [0.29, 0.717) is 40.6 Å². The van der Waals surface area contributed by atoms with Gasteiger partial charge < -0.3 is 15.6 Å². The highest BCUT2D eigenvalue weighted by Crippen LogP contribution is 2.33. The van der Waals surface area contributed by atoms with Crippen LogP contribution in [0.15, 0.2) is 41.3 Å². The molecule has 0 spiro atoms. The normalized spacial score (nSPS) is 20.0. The third-order valence-corrected chi connectivity index (χ3v) is 8.29. The van der Waals surface area contributed by atoms with E-state index in [1.807, 2.05) is 29.0 Å². The maximum atomic E-state index is 15.0. The van der Waals surface area contributed by atoms with Gasteiger partial charge in [0.05, 0.1) is 0 Å². The number of carbonyl (C=O) groups is 1. The van der Waals surface area contributed by atoms with Crippen molar-refractivity contribution in [3.63, 3.8) is 0 Å². The molecule has 37 heavy (non-hydrogen) atoms. The van der Waals surface area contributed by atoms with Gasteiger partial charge in [0.2, 0.25) is 0 Å². The van der Waals surface area contributed by atoms with Crippen molar-refractivity contribution in [1.82, 2.24) is 14.8 Å². The fourth-order valence-corrected chi connectivity index (χ4v) is 5.67. The van der Waals surface area contributed by atoms with Crippen LogP contribution < -0.4 is 16.6 Å². The Morgan fingerprint density at radius 1 is 1.11 bits per heavy atom. The molecule has 1 saturated heterocycles. The summed E-state index contributed by atoms with van der Waals surface area (Å²) < 4.78 is 16.9. The van der Waals surface area contributed by atoms with Crippen LogP contribution in [-0.2, 0) is 13.1 Å². The Morgan fingerprint density at radius 3 is 2.65 bits per heavy atom. The largest absolute Gasteiger partial charge is 0.349 e. The number of carbonyl (C=O) groups excluding carboxylic acids is 1. The Hall–Kier alpha value is -3.03. The molecule has 2 heterocycles. The summed E-state index contributed by atoms with van der Waals surface area (Å²) in [4.78, 5) is 28.6. The van der Waals surface area contributed by atoms with Crippen LogP contribution in [0.4, 0.5) is 4.39 Å². The number of aromatic nitrogens is 1. The van der Waals surface area contributed by atoms with Crippen molar-refractivity contribution < 1.29 is 9.18 Å². The van der Waals surface area contributed by atoms with Crippen LogP contribution in [0.5, 0.6) is 0 Å². The minimum absolute atomic E-state index is 0.0226. The lowest BCUT2D eigenvalue weighted by atomic mass is 9.94. The molecule has 3 aromatic rings. The highest BCUT2D eigenvalue weighted by atomic mass is 19.1. The fraction of sp³-hybridized carbons (Fsp3) is 0.467. The predicted octanol–water partition coefficient (Wildman–Crippen LogP) is 4.34. The summed E-state index contributed by atoms with van der Waals surface area (Å²) in [5.74, 6) is -0.0589. The number of nitrogens with zero attached hydrogens (tertiary/aromatic N) is 2. The maximum absolute atomic E-state index is 15.0. The first-order valence-corrected chi connectivity index (χ1v) is 13.6. The number of hydrogen-bond acceptors (Lipinski definition) is 4. The van der Waals surface area contributed by atoms with Crippen LogP contribution in [0.2, 0.25) is 0 Å². The Balaban J connectivity index is 1.44. The second-order valence-corrected chi connectivity index (χ2v) is 11.2. The van der Waals surface area contributed by atoms with Crippen molar-refractivity contribution >= 4 is 16.7 Å². The third-order valence-electron chi connectivity index (χ3n) is 8.29. The molecule has 0 bridgehead atoms. The molecule has 3 fully saturated rings. The van der Waals surface area contributed by atoms with Gasteiger partial charge in [-0.1, -0.05) is 6.07 Å². The van der Waals surface area contributed by atoms with Gasteiger partial charge in [0.15, 0.2) is 0 Å². The van der Waals surface area contributed by atoms with Crippen molar-refractivity contribution in [3.05, 3.63) is 69.4 Å². The van der Waals surface area contributed by atoms with Crippen LogP contribution >= 0.6 is 0 Å². The molecule has 2 saturated carbocycles. The summed E-state index contributed by atoms with van der Waals surface area (Å²) in [6, 6.07) is 9.40. The summed E-state index contributed by atoms with van der Waals surface area (Å²) in [5, 5.41) is 4.53. The number of amides is 1. The number of rotatable bonds is 8. The van der Waals surface area contributed by atoms with Crippen LogP contribution in [0, 0.1) is 18.7 Å². The van der Waals surface area contributed by atoms with E-state index in [2.05, 4.69) is 10.2 Å². The standard InChI is InChI=1S/C30H35FN4O2/c1-18-26(12-21(13-28(18)31)29(36)33-23-7-8-23)20-6-9-25-27(11-20)22(16-34-10-2-3-24(34)14-32)17-35(30(25)37)15-19-4-5-19/h6,9,11-13,17,19,23-24H,2-5,7-8,10,14-16,32H2,1H3,(H,33,36)/t24-/m1/s1. The molecule has 3 aliphatic rings. The first-order chi connectivity index (χ1) is 17.9. The van der Waals surface area contributed by atoms with Gasteiger partial charge in [0, 0.05) is 48.9 Å². The highest BCUT2D eigenvalue weighted by Gasteiger charge is 2.27. The Kier molecular flexibility index (Phi) is 6.37. The summed E-state index contributed by atoms with van der Waals surface area (Å²) in [6.07, 6.45) is 8.55. The summed E-state index contributed by atoms with van der Waals surface area (Å²) >= 11 is 0. The Bertz CT molecular complexity index is 1420. The van der Waals surface area contributed by atoms with Crippen molar-refractivity contribution in [2.45, 2.75) is 70.6 Å².